The number of aromatic nitrogens is 1. The third-order valence-electron chi connectivity index (χ3n) is 3.49. The lowest BCUT2D eigenvalue weighted by atomic mass is 9.99. The van der Waals surface area contributed by atoms with E-state index in [2.05, 4.69) is 4.98 Å². The van der Waals surface area contributed by atoms with E-state index in [0.29, 0.717) is 27.7 Å². The summed E-state index contributed by atoms with van der Waals surface area (Å²) >= 11 is 5.96. The minimum atomic E-state index is -1.12. The summed E-state index contributed by atoms with van der Waals surface area (Å²) in [6.07, 6.45) is 5.51. The lowest BCUT2D eigenvalue weighted by Gasteiger charge is -2.28. The first-order valence-electron chi connectivity index (χ1n) is 6.45. The Morgan fingerprint density at radius 2 is 2.10 bits per heavy atom. The Kier molecular flexibility index (Phi) is 3.78. The van der Waals surface area contributed by atoms with Crippen molar-refractivity contribution in [3.63, 3.8) is 0 Å². The molecule has 0 spiro atoms. The first-order chi connectivity index (χ1) is 10.1. The molecule has 108 valence electrons. The fourth-order valence-electron chi connectivity index (χ4n) is 2.42. The highest BCUT2D eigenvalue weighted by molar-refractivity contribution is 7.84. The molecule has 6 heteroatoms. The third-order valence-corrected chi connectivity index (χ3v) is 4.61. The van der Waals surface area contributed by atoms with E-state index in [-0.39, 0.29) is 5.91 Å². The molecule has 1 aliphatic rings. The van der Waals surface area contributed by atoms with Crippen LogP contribution in [0.4, 0.5) is 5.69 Å². The fraction of sp³-hybridized carbons (Fsp3) is 0.200. The maximum atomic E-state index is 12.6. The molecule has 3 rings (SSSR count). The van der Waals surface area contributed by atoms with Gasteiger partial charge in [0, 0.05) is 29.6 Å². The Hall–Kier alpha value is -1.72. The minimum absolute atomic E-state index is 0.0752. The van der Waals surface area contributed by atoms with E-state index in [1.54, 1.807) is 41.7 Å². The molecule has 1 unspecified atom stereocenters. The number of anilines is 1. The van der Waals surface area contributed by atoms with Gasteiger partial charge in [-0.15, -0.1) is 0 Å². The maximum Gasteiger partial charge on any atom is 0.258 e. The third kappa shape index (κ3) is 2.71. The van der Waals surface area contributed by atoms with E-state index < -0.39 is 10.8 Å². The fourth-order valence-corrected chi connectivity index (χ4v) is 3.11. The van der Waals surface area contributed by atoms with Crippen molar-refractivity contribution in [2.24, 2.45) is 0 Å². The van der Waals surface area contributed by atoms with E-state index >= 15 is 0 Å². The van der Waals surface area contributed by atoms with Crippen molar-refractivity contribution in [2.75, 3.05) is 17.7 Å². The molecule has 1 aromatic carbocycles. The Balaban J connectivity index is 1.98. The van der Waals surface area contributed by atoms with E-state index in [4.69, 9.17) is 11.6 Å². The monoisotopic (exact) mass is 320 g/mol. The highest BCUT2D eigenvalue weighted by Crippen LogP contribution is 2.27. The molecule has 4 nitrogen and oxygen atoms in total. The topological polar surface area (TPSA) is 50.3 Å². The van der Waals surface area contributed by atoms with E-state index in [1.165, 1.54) is 0 Å². The highest BCUT2D eigenvalue weighted by Gasteiger charge is 2.26. The summed E-state index contributed by atoms with van der Waals surface area (Å²) in [5.41, 5.74) is 2.30. The molecular formula is C15H13ClN2O2S. The largest absolute Gasteiger partial charge is 0.306 e. The number of hydrogen-bond acceptors (Lipinski definition) is 3. The van der Waals surface area contributed by atoms with Crippen molar-refractivity contribution < 1.29 is 9.00 Å². The molecule has 0 saturated heterocycles. The van der Waals surface area contributed by atoms with Crippen LogP contribution in [0.5, 0.6) is 0 Å². The predicted octanol–water partition coefficient (Wildman–Crippen LogP) is 2.68. The quantitative estimate of drug-likeness (QED) is 0.855. The van der Waals surface area contributed by atoms with E-state index in [9.17, 15) is 9.00 Å². The maximum absolute atomic E-state index is 12.6. The smallest absolute Gasteiger partial charge is 0.258 e. The summed E-state index contributed by atoms with van der Waals surface area (Å²) in [6.45, 7) is 0.563. The summed E-state index contributed by atoms with van der Waals surface area (Å²) in [6, 6.07) is 7.06. The Labute approximate surface area is 130 Å². The number of carbonyl (C=O) groups excluding carboxylic acids is 1. The number of pyridine rings is 1. The van der Waals surface area contributed by atoms with Gasteiger partial charge in [0.05, 0.1) is 27.6 Å². The van der Waals surface area contributed by atoms with Crippen LogP contribution in [0.3, 0.4) is 0 Å². The number of benzene rings is 1. The van der Waals surface area contributed by atoms with Crippen LogP contribution >= 0.6 is 11.6 Å². The van der Waals surface area contributed by atoms with E-state index in [1.807, 2.05) is 6.07 Å². The number of rotatable bonds is 2. The van der Waals surface area contributed by atoms with Crippen LogP contribution in [-0.2, 0) is 17.2 Å². The Morgan fingerprint density at radius 3 is 2.86 bits per heavy atom. The Morgan fingerprint density at radius 1 is 1.29 bits per heavy atom. The van der Waals surface area contributed by atoms with Crippen LogP contribution < -0.4 is 4.90 Å². The van der Waals surface area contributed by atoms with Gasteiger partial charge in [0.25, 0.3) is 5.91 Å². The summed E-state index contributed by atoms with van der Waals surface area (Å²) in [5, 5.41) is 0.639. The summed E-state index contributed by atoms with van der Waals surface area (Å²) in [4.78, 5) is 18.9. The second-order valence-corrected chi connectivity index (χ2v) is 6.66. The second kappa shape index (κ2) is 5.58. The van der Waals surface area contributed by atoms with Crippen LogP contribution in [-0.4, -0.2) is 27.9 Å². The summed E-state index contributed by atoms with van der Waals surface area (Å²) < 4.78 is 11.6. The van der Waals surface area contributed by atoms with E-state index in [0.717, 1.165) is 12.0 Å². The number of hydrogen-bond donors (Lipinski definition) is 0. The van der Waals surface area contributed by atoms with Gasteiger partial charge in [0.1, 0.15) is 0 Å². The lowest BCUT2D eigenvalue weighted by Crippen LogP contribution is -2.37. The highest BCUT2D eigenvalue weighted by atomic mass is 35.5. The molecule has 0 radical (unpaired) electrons. The SMILES string of the molecule is CS(=O)c1cncc(N2CCc3cc(Cl)ccc3C2=O)c1. The van der Waals surface area contributed by atoms with Crippen molar-refractivity contribution in [3.05, 3.63) is 52.8 Å². The molecule has 1 amide bonds. The van der Waals surface area contributed by atoms with Gasteiger partial charge in [-0.2, -0.15) is 0 Å². The average Bonchev–Trinajstić information content (AvgIpc) is 2.47. The van der Waals surface area contributed by atoms with Gasteiger partial charge in [0.15, 0.2) is 0 Å². The molecule has 21 heavy (non-hydrogen) atoms. The molecule has 2 aromatic rings. The molecule has 1 aromatic heterocycles. The normalized spacial score (nSPS) is 15.7. The Bertz CT molecular complexity index is 748. The predicted molar refractivity (Wildman–Crippen MR) is 83.4 cm³/mol. The van der Waals surface area contributed by atoms with Gasteiger partial charge in [-0.25, -0.2) is 0 Å². The molecule has 0 aliphatic carbocycles. The van der Waals surface area contributed by atoms with Crippen LogP contribution in [0.2, 0.25) is 5.02 Å². The van der Waals surface area contributed by atoms with Crippen LogP contribution in [0, 0.1) is 0 Å². The molecule has 2 heterocycles. The zero-order chi connectivity index (χ0) is 15.0. The van der Waals surface area contributed by atoms with Crippen LogP contribution in [0.25, 0.3) is 0 Å². The number of halogens is 1. The molecule has 1 aliphatic heterocycles. The average molecular weight is 321 g/mol. The standard InChI is InChI=1S/C15H13ClN2O2S/c1-21(20)13-7-12(8-17-9-13)18-5-4-10-6-11(16)2-3-14(10)15(18)19/h2-3,6-9H,4-5H2,1H3. The van der Waals surface area contributed by atoms with Crippen LogP contribution in [0.15, 0.2) is 41.6 Å². The second-order valence-electron chi connectivity index (χ2n) is 4.84. The van der Waals surface area contributed by atoms with Crippen molar-refractivity contribution in [1.82, 2.24) is 4.98 Å². The van der Waals surface area contributed by atoms with Gasteiger partial charge >= 0.3 is 0 Å². The minimum Gasteiger partial charge on any atom is -0.306 e. The van der Waals surface area contributed by atoms with Gasteiger partial charge in [-0.05, 0) is 36.2 Å². The number of nitrogens with zero attached hydrogens (tertiary/aromatic N) is 2. The summed E-state index contributed by atoms with van der Waals surface area (Å²) in [5.74, 6) is -0.0752. The number of carbonyl (C=O) groups is 1. The number of fused-ring (bicyclic) bond motifs is 1. The summed E-state index contributed by atoms with van der Waals surface area (Å²) in [7, 11) is -1.12. The molecule has 0 saturated carbocycles. The van der Waals surface area contributed by atoms with Gasteiger partial charge < -0.3 is 4.90 Å². The molecule has 0 bridgehead atoms. The molecule has 1 atom stereocenters. The van der Waals surface area contributed by atoms with Gasteiger partial charge in [-0.1, -0.05) is 11.6 Å². The molecule has 0 N–H and O–H groups in total. The van der Waals surface area contributed by atoms with Crippen molar-refractivity contribution in [1.29, 1.82) is 0 Å². The van der Waals surface area contributed by atoms with Crippen LogP contribution in [0.1, 0.15) is 15.9 Å². The number of amides is 1. The molecule has 0 fully saturated rings. The van der Waals surface area contributed by atoms with Crippen molar-refractivity contribution >= 4 is 34.0 Å². The first-order valence-corrected chi connectivity index (χ1v) is 8.38. The molecular weight excluding hydrogens is 308 g/mol. The zero-order valence-electron chi connectivity index (χ0n) is 11.4. The van der Waals surface area contributed by atoms with Crippen molar-refractivity contribution in [2.45, 2.75) is 11.3 Å². The van der Waals surface area contributed by atoms with Crippen molar-refractivity contribution in [3.8, 4) is 0 Å². The first kappa shape index (κ1) is 14.2. The van der Waals surface area contributed by atoms with Gasteiger partial charge in [-0.3, -0.25) is 14.0 Å². The zero-order valence-corrected chi connectivity index (χ0v) is 12.9. The van der Waals surface area contributed by atoms with Gasteiger partial charge in [0.2, 0.25) is 0 Å². The lowest BCUT2D eigenvalue weighted by molar-refractivity contribution is 0.0980.